The Balaban J connectivity index is 1.96. The molecule has 0 radical (unpaired) electrons. The number of phenols is 1. The molecule has 4 nitrogen and oxygen atoms in total. The molecule has 1 atom stereocenters. The van der Waals surface area contributed by atoms with E-state index in [-0.39, 0.29) is 11.8 Å². The van der Waals surface area contributed by atoms with Gasteiger partial charge in [0.1, 0.15) is 17.1 Å². The molecule has 0 saturated heterocycles. The molecule has 2 heterocycles. The monoisotopic (exact) mass is 415 g/mol. The molecular formula is C25H22ClN3O. The molecule has 4 aromatic rings. The number of rotatable bonds is 6. The van der Waals surface area contributed by atoms with Crippen LogP contribution in [0.2, 0.25) is 5.02 Å². The first-order chi connectivity index (χ1) is 14.6. The SMILES string of the molecule is C=CCc1cc(C(Nc2ccccn2)c2ccc(Cl)cc2)c2ccc(C)nc2c1O. The highest BCUT2D eigenvalue weighted by Gasteiger charge is 2.21. The van der Waals surface area contributed by atoms with Crippen molar-refractivity contribution in [2.75, 3.05) is 5.32 Å². The van der Waals surface area contributed by atoms with Gasteiger partial charge in [0.25, 0.3) is 0 Å². The van der Waals surface area contributed by atoms with Gasteiger partial charge in [-0.2, -0.15) is 0 Å². The third-order valence-corrected chi connectivity index (χ3v) is 5.29. The van der Waals surface area contributed by atoms with E-state index in [1.807, 2.05) is 67.6 Å². The van der Waals surface area contributed by atoms with Crippen molar-refractivity contribution in [3.05, 3.63) is 107 Å². The second-order valence-electron chi connectivity index (χ2n) is 7.16. The van der Waals surface area contributed by atoms with E-state index in [2.05, 4.69) is 21.9 Å². The molecule has 0 aliphatic rings. The van der Waals surface area contributed by atoms with Gasteiger partial charge in [-0.15, -0.1) is 6.58 Å². The van der Waals surface area contributed by atoms with Crippen molar-refractivity contribution in [1.29, 1.82) is 0 Å². The molecule has 0 aliphatic carbocycles. The van der Waals surface area contributed by atoms with Crippen molar-refractivity contribution >= 4 is 28.3 Å². The molecule has 4 rings (SSSR count). The number of aryl methyl sites for hydroxylation is 1. The molecule has 0 spiro atoms. The molecule has 150 valence electrons. The van der Waals surface area contributed by atoms with Gasteiger partial charge in [0.05, 0.1) is 6.04 Å². The third-order valence-electron chi connectivity index (χ3n) is 5.04. The van der Waals surface area contributed by atoms with Crippen LogP contribution >= 0.6 is 11.6 Å². The molecule has 0 saturated carbocycles. The molecule has 2 aromatic carbocycles. The summed E-state index contributed by atoms with van der Waals surface area (Å²) in [6.45, 7) is 5.75. The number of allylic oxidation sites excluding steroid dienone is 1. The lowest BCUT2D eigenvalue weighted by molar-refractivity contribution is 0.474. The zero-order valence-corrected chi connectivity index (χ0v) is 17.4. The van der Waals surface area contributed by atoms with E-state index in [1.165, 1.54) is 0 Å². The van der Waals surface area contributed by atoms with Gasteiger partial charge < -0.3 is 10.4 Å². The fraction of sp³-hybridized carbons (Fsp3) is 0.120. The molecular weight excluding hydrogens is 394 g/mol. The number of hydrogen-bond donors (Lipinski definition) is 2. The van der Waals surface area contributed by atoms with Crippen LogP contribution in [-0.2, 0) is 6.42 Å². The number of phenolic OH excluding ortho intramolecular Hbond substituents is 1. The summed E-state index contributed by atoms with van der Waals surface area (Å²) in [5, 5.41) is 15.9. The second-order valence-corrected chi connectivity index (χ2v) is 7.60. The van der Waals surface area contributed by atoms with Crippen LogP contribution in [0.25, 0.3) is 10.9 Å². The smallest absolute Gasteiger partial charge is 0.145 e. The average Bonchev–Trinajstić information content (AvgIpc) is 2.76. The first kappa shape index (κ1) is 19.9. The Morgan fingerprint density at radius 2 is 1.93 bits per heavy atom. The highest BCUT2D eigenvalue weighted by molar-refractivity contribution is 6.30. The molecule has 1 unspecified atom stereocenters. The minimum atomic E-state index is -0.215. The van der Waals surface area contributed by atoms with Gasteiger partial charge >= 0.3 is 0 Å². The van der Waals surface area contributed by atoms with E-state index in [0.29, 0.717) is 17.0 Å². The van der Waals surface area contributed by atoms with Crippen LogP contribution in [0.1, 0.15) is 28.4 Å². The van der Waals surface area contributed by atoms with E-state index < -0.39 is 0 Å². The molecule has 2 aromatic heterocycles. The summed E-state index contributed by atoms with van der Waals surface area (Å²) < 4.78 is 0. The van der Waals surface area contributed by atoms with E-state index in [4.69, 9.17) is 11.6 Å². The van der Waals surface area contributed by atoms with Crippen molar-refractivity contribution in [1.82, 2.24) is 9.97 Å². The fourth-order valence-corrected chi connectivity index (χ4v) is 3.72. The molecule has 30 heavy (non-hydrogen) atoms. The van der Waals surface area contributed by atoms with Crippen LogP contribution in [0.4, 0.5) is 5.82 Å². The summed E-state index contributed by atoms with van der Waals surface area (Å²) in [7, 11) is 0. The summed E-state index contributed by atoms with van der Waals surface area (Å²) in [4.78, 5) is 9.07. The van der Waals surface area contributed by atoms with Gasteiger partial charge in [-0.05, 0) is 60.9 Å². The van der Waals surface area contributed by atoms with Gasteiger partial charge in [0.2, 0.25) is 0 Å². The number of aromatic hydroxyl groups is 1. The minimum Gasteiger partial charge on any atom is -0.505 e. The number of hydrogen-bond acceptors (Lipinski definition) is 4. The van der Waals surface area contributed by atoms with Gasteiger partial charge in [-0.25, -0.2) is 9.97 Å². The van der Waals surface area contributed by atoms with E-state index in [1.54, 1.807) is 12.3 Å². The number of pyridine rings is 2. The first-order valence-electron chi connectivity index (χ1n) is 9.73. The summed E-state index contributed by atoms with van der Waals surface area (Å²) >= 11 is 6.14. The Kier molecular flexibility index (Phi) is 5.68. The predicted octanol–water partition coefficient (Wildman–Crippen LogP) is 6.23. The number of aromatic nitrogens is 2. The molecule has 5 heteroatoms. The number of benzene rings is 2. The molecule has 0 amide bonds. The predicted molar refractivity (Wildman–Crippen MR) is 123 cm³/mol. The van der Waals surface area contributed by atoms with Crippen LogP contribution in [0.5, 0.6) is 5.75 Å². The Morgan fingerprint density at radius 1 is 1.13 bits per heavy atom. The standard InChI is InChI=1S/C25H22ClN3O/c1-3-6-18-15-21(20-13-8-16(2)28-24(20)25(18)30)23(17-9-11-19(26)12-10-17)29-22-7-4-5-14-27-22/h3-5,7-15,23,30H,1,6H2,2H3,(H,27,29). The highest BCUT2D eigenvalue weighted by atomic mass is 35.5. The van der Waals surface area contributed by atoms with E-state index >= 15 is 0 Å². The highest BCUT2D eigenvalue weighted by Crippen LogP contribution is 2.37. The second kappa shape index (κ2) is 8.56. The minimum absolute atomic E-state index is 0.199. The van der Waals surface area contributed by atoms with Crippen molar-refractivity contribution < 1.29 is 5.11 Å². The van der Waals surface area contributed by atoms with Crippen LogP contribution in [0, 0.1) is 6.92 Å². The molecule has 0 bridgehead atoms. The van der Waals surface area contributed by atoms with Gasteiger partial charge in [-0.3, -0.25) is 0 Å². The zero-order valence-electron chi connectivity index (χ0n) is 16.6. The van der Waals surface area contributed by atoms with Crippen molar-refractivity contribution in [2.24, 2.45) is 0 Å². The lowest BCUT2D eigenvalue weighted by atomic mass is 9.91. The van der Waals surface area contributed by atoms with Crippen LogP contribution in [0.15, 0.2) is 79.5 Å². The van der Waals surface area contributed by atoms with Crippen molar-refractivity contribution in [2.45, 2.75) is 19.4 Å². The Labute approximate surface area is 180 Å². The largest absolute Gasteiger partial charge is 0.505 e. The lowest BCUT2D eigenvalue weighted by Crippen LogP contribution is -2.14. The number of anilines is 1. The normalized spacial score (nSPS) is 11.9. The zero-order chi connectivity index (χ0) is 21.1. The van der Waals surface area contributed by atoms with Crippen LogP contribution in [0.3, 0.4) is 0 Å². The van der Waals surface area contributed by atoms with E-state index in [9.17, 15) is 5.11 Å². The van der Waals surface area contributed by atoms with Gasteiger partial charge in [0, 0.05) is 27.9 Å². The lowest BCUT2D eigenvalue weighted by Gasteiger charge is -2.23. The maximum atomic E-state index is 10.8. The first-order valence-corrected chi connectivity index (χ1v) is 10.1. The van der Waals surface area contributed by atoms with E-state index in [0.717, 1.165) is 33.6 Å². The molecule has 0 fully saturated rings. The Bertz CT molecular complexity index is 1190. The quantitative estimate of drug-likeness (QED) is 0.366. The average molecular weight is 416 g/mol. The Morgan fingerprint density at radius 3 is 2.63 bits per heavy atom. The topological polar surface area (TPSA) is 58.0 Å². The molecule has 2 N–H and O–H groups in total. The van der Waals surface area contributed by atoms with Crippen LogP contribution < -0.4 is 5.32 Å². The number of halogens is 1. The number of nitrogens with one attached hydrogen (secondary N) is 1. The number of nitrogens with zero attached hydrogens (tertiary/aromatic N) is 2. The maximum absolute atomic E-state index is 10.8. The molecule has 0 aliphatic heterocycles. The van der Waals surface area contributed by atoms with Crippen molar-refractivity contribution in [3.63, 3.8) is 0 Å². The van der Waals surface area contributed by atoms with Crippen LogP contribution in [-0.4, -0.2) is 15.1 Å². The summed E-state index contributed by atoms with van der Waals surface area (Å²) in [5.74, 6) is 0.953. The van der Waals surface area contributed by atoms with Gasteiger partial charge in [-0.1, -0.05) is 41.9 Å². The van der Waals surface area contributed by atoms with Crippen molar-refractivity contribution in [3.8, 4) is 5.75 Å². The number of fused-ring (bicyclic) bond motifs is 1. The summed E-state index contributed by atoms with van der Waals surface area (Å²) in [5.41, 5.74) is 4.25. The summed E-state index contributed by atoms with van der Waals surface area (Å²) in [6.07, 6.45) is 4.08. The fourth-order valence-electron chi connectivity index (χ4n) is 3.60. The van der Waals surface area contributed by atoms with Gasteiger partial charge in [0.15, 0.2) is 0 Å². The summed E-state index contributed by atoms with van der Waals surface area (Å²) in [6, 6.07) is 19.3. The maximum Gasteiger partial charge on any atom is 0.145 e. The third kappa shape index (κ3) is 4.00. The Hall–Kier alpha value is -3.37.